The van der Waals surface area contributed by atoms with E-state index in [1.165, 1.54) is 5.56 Å². The van der Waals surface area contributed by atoms with E-state index in [9.17, 15) is 4.79 Å². The number of morpholine rings is 1. The van der Waals surface area contributed by atoms with Crippen LogP contribution in [0.1, 0.15) is 24.8 Å². The maximum atomic E-state index is 12.0. The van der Waals surface area contributed by atoms with Crippen LogP contribution in [-0.4, -0.2) is 36.5 Å². The average Bonchev–Trinajstić information content (AvgIpc) is 2.86. The number of rotatable bonds is 3. The van der Waals surface area contributed by atoms with Crippen molar-refractivity contribution in [3.8, 4) is 0 Å². The van der Waals surface area contributed by atoms with Crippen LogP contribution in [0.2, 0.25) is 0 Å². The van der Waals surface area contributed by atoms with E-state index >= 15 is 0 Å². The summed E-state index contributed by atoms with van der Waals surface area (Å²) in [5.74, 6) is 0.613. The van der Waals surface area contributed by atoms with Gasteiger partial charge in [0.25, 0.3) is 0 Å². The third kappa shape index (κ3) is 3.13. The molecule has 0 spiro atoms. The summed E-state index contributed by atoms with van der Waals surface area (Å²) in [6.45, 7) is 3.29. The summed E-state index contributed by atoms with van der Waals surface area (Å²) in [4.78, 5) is 14.5. The van der Waals surface area contributed by atoms with Gasteiger partial charge < -0.3 is 4.74 Å². The van der Waals surface area contributed by atoms with E-state index in [1.54, 1.807) is 0 Å². The lowest BCUT2D eigenvalue weighted by Gasteiger charge is -2.38. The Hall–Kier alpha value is -0.710. The van der Waals surface area contributed by atoms with Gasteiger partial charge in [0, 0.05) is 35.9 Å². The van der Waals surface area contributed by atoms with Gasteiger partial charge in [-0.2, -0.15) is 0 Å². The first-order valence-electron chi connectivity index (χ1n) is 7.33. The molecule has 3 rings (SSSR count). The highest BCUT2D eigenvalue weighted by Crippen LogP contribution is 2.30. The van der Waals surface area contributed by atoms with Crippen LogP contribution in [-0.2, 0) is 16.1 Å². The first kappa shape index (κ1) is 14.2. The summed E-state index contributed by atoms with van der Waals surface area (Å²) < 4.78 is 6.74. The zero-order chi connectivity index (χ0) is 13.9. The first-order valence-corrected chi connectivity index (χ1v) is 8.12. The van der Waals surface area contributed by atoms with Crippen molar-refractivity contribution >= 4 is 21.7 Å². The third-order valence-electron chi connectivity index (χ3n) is 4.37. The molecule has 108 valence electrons. The molecule has 0 bridgehead atoms. The molecule has 2 aliphatic rings. The van der Waals surface area contributed by atoms with Gasteiger partial charge >= 0.3 is 0 Å². The molecule has 2 fully saturated rings. The van der Waals surface area contributed by atoms with Crippen molar-refractivity contribution in [1.82, 2.24) is 4.90 Å². The summed E-state index contributed by atoms with van der Waals surface area (Å²) in [5.41, 5.74) is 1.29. The van der Waals surface area contributed by atoms with E-state index in [4.69, 9.17) is 4.74 Å². The first-order chi connectivity index (χ1) is 9.74. The van der Waals surface area contributed by atoms with E-state index in [1.807, 2.05) is 6.07 Å². The van der Waals surface area contributed by atoms with Gasteiger partial charge in [-0.1, -0.05) is 28.1 Å². The molecule has 0 radical (unpaired) electrons. The predicted molar refractivity (Wildman–Crippen MR) is 81.5 cm³/mol. The number of halogens is 1. The number of carbonyl (C=O) groups excluding carboxylic acids is 1. The molecule has 20 heavy (non-hydrogen) atoms. The van der Waals surface area contributed by atoms with E-state index < -0.39 is 0 Å². The number of hydrogen-bond donors (Lipinski definition) is 0. The van der Waals surface area contributed by atoms with Crippen LogP contribution >= 0.6 is 15.9 Å². The van der Waals surface area contributed by atoms with Gasteiger partial charge in [0.1, 0.15) is 5.78 Å². The lowest BCUT2D eigenvalue weighted by molar-refractivity contribution is -0.125. The zero-order valence-corrected chi connectivity index (χ0v) is 13.1. The molecule has 1 saturated carbocycles. The minimum absolute atomic E-state index is 0.183. The molecule has 1 aliphatic carbocycles. The normalized spacial score (nSPS) is 27.9. The molecule has 1 aromatic rings. The van der Waals surface area contributed by atoms with Crippen LogP contribution in [0.15, 0.2) is 28.7 Å². The number of hydrogen-bond acceptors (Lipinski definition) is 3. The fourth-order valence-electron chi connectivity index (χ4n) is 3.34. The van der Waals surface area contributed by atoms with E-state index in [2.05, 4.69) is 39.0 Å². The van der Waals surface area contributed by atoms with Crippen LogP contribution < -0.4 is 0 Å². The second kappa shape index (κ2) is 6.37. The fraction of sp³-hybridized carbons (Fsp3) is 0.562. The highest BCUT2D eigenvalue weighted by atomic mass is 79.9. The smallest absolute Gasteiger partial charge is 0.137 e. The molecule has 0 amide bonds. The van der Waals surface area contributed by atoms with Crippen molar-refractivity contribution in [2.24, 2.45) is 5.92 Å². The summed E-state index contributed by atoms with van der Waals surface area (Å²) in [6, 6.07) is 8.67. The van der Waals surface area contributed by atoms with Crippen molar-refractivity contribution in [3.05, 3.63) is 34.3 Å². The Morgan fingerprint density at radius 1 is 1.40 bits per heavy atom. The van der Waals surface area contributed by atoms with E-state index in [0.717, 1.165) is 43.4 Å². The lowest BCUT2D eigenvalue weighted by Crippen LogP contribution is -2.49. The molecule has 0 aromatic heterocycles. The molecule has 0 unspecified atom stereocenters. The monoisotopic (exact) mass is 337 g/mol. The third-order valence-corrected chi connectivity index (χ3v) is 4.86. The summed E-state index contributed by atoms with van der Waals surface area (Å²) in [7, 11) is 0. The molecular weight excluding hydrogens is 318 g/mol. The molecule has 1 aromatic carbocycles. The molecule has 2 atom stereocenters. The summed E-state index contributed by atoms with van der Waals surface area (Å²) in [6.07, 6.45) is 2.83. The van der Waals surface area contributed by atoms with Crippen LogP contribution in [0.25, 0.3) is 0 Å². The fourth-order valence-corrected chi connectivity index (χ4v) is 3.79. The quantitative estimate of drug-likeness (QED) is 0.849. The van der Waals surface area contributed by atoms with Crippen molar-refractivity contribution in [1.29, 1.82) is 0 Å². The molecule has 1 aliphatic heterocycles. The van der Waals surface area contributed by atoms with Gasteiger partial charge in [0.15, 0.2) is 0 Å². The molecule has 3 nitrogen and oxygen atoms in total. The van der Waals surface area contributed by atoms with Crippen LogP contribution in [0.4, 0.5) is 0 Å². The maximum Gasteiger partial charge on any atom is 0.137 e. The lowest BCUT2D eigenvalue weighted by atomic mass is 9.95. The van der Waals surface area contributed by atoms with Crippen molar-refractivity contribution < 1.29 is 9.53 Å². The number of nitrogens with zero attached hydrogens (tertiary/aromatic N) is 1. The Labute approximate surface area is 128 Å². The van der Waals surface area contributed by atoms with Gasteiger partial charge in [-0.05, 0) is 30.5 Å². The Morgan fingerprint density at radius 2 is 2.30 bits per heavy atom. The Morgan fingerprint density at radius 3 is 3.05 bits per heavy atom. The van der Waals surface area contributed by atoms with E-state index in [-0.39, 0.29) is 12.0 Å². The van der Waals surface area contributed by atoms with Crippen molar-refractivity contribution in [2.75, 3.05) is 19.8 Å². The minimum Gasteiger partial charge on any atom is -0.378 e. The number of ketones is 1. The molecule has 0 N–H and O–H groups in total. The van der Waals surface area contributed by atoms with Crippen molar-refractivity contribution in [3.63, 3.8) is 0 Å². The van der Waals surface area contributed by atoms with Crippen LogP contribution in [0.5, 0.6) is 0 Å². The maximum absolute atomic E-state index is 12.0. The Balaban J connectivity index is 1.73. The van der Waals surface area contributed by atoms with Gasteiger partial charge in [0.05, 0.1) is 13.2 Å². The van der Waals surface area contributed by atoms with Gasteiger partial charge in [0.2, 0.25) is 0 Å². The Bertz CT molecular complexity index is 491. The highest BCUT2D eigenvalue weighted by Gasteiger charge is 2.37. The molecule has 1 saturated heterocycles. The molecular formula is C16H20BrNO2. The second-order valence-electron chi connectivity index (χ2n) is 5.71. The van der Waals surface area contributed by atoms with Crippen LogP contribution in [0, 0.1) is 5.92 Å². The number of carbonyl (C=O) groups is 1. The molecule has 1 heterocycles. The van der Waals surface area contributed by atoms with Crippen LogP contribution in [0.3, 0.4) is 0 Å². The van der Waals surface area contributed by atoms with E-state index in [0.29, 0.717) is 12.4 Å². The molecule has 4 heteroatoms. The number of Topliss-reactive ketones (excluding diaryl/α,β-unsaturated/α-hetero) is 1. The highest BCUT2D eigenvalue weighted by molar-refractivity contribution is 9.10. The minimum atomic E-state index is 0.183. The topological polar surface area (TPSA) is 29.5 Å². The van der Waals surface area contributed by atoms with Gasteiger partial charge in [-0.3, -0.25) is 9.69 Å². The number of benzene rings is 1. The zero-order valence-electron chi connectivity index (χ0n) is 11.6. The number of ether oxygens (including phenoxy) is 1. The Kier molecular flexibility index (Phi) is 4.54. The largest absolute Gasteiger partial charge is 0.378 e. The summed E-state index contributed by atoms with van der Waals surface area (Å²) >= 11 is 3.52. The van der Waals surface area contributed by atoms with Crippen molar-refractivity contribution in [2.45, 2.75) is 31.8 Å². The van der Waals surface area contributed by atoms with Gasteiger partial charge in [-0.25, -0.2) is 0 Å². The second-order valence-corrected chi connectivity index (χ2v) is 6.62. The van der Waals surface area contributed by atoms with Gasteiger partial charge in [-0.15, -0.1) is 0 Å². The predicted octanol–water partition coefficient (Wildman–Crippen LogP) is 3.02. The SMILES string of the molecule is O=C1CCC[C@@H]1[C@@H]1COCCN1Cc1cccc(Br)c1. The standard InChI is InChI=1S/C16H20BrNO2/c17-13-4-1-3-12(9-13)10-18-7-8-20-11-15(18)14-5-2-6-16(14)19/h1,3-4,9,14-15H,2,5-8,10-11H2/t14-,15+/m1/s1. The average molecular weight is 338 g/mol. The summed E-state index contributed by atoms with van der Waals surface area (Å²) in [5, 5.41) is 0.